The van der Waals surface area contributed by atoms with Crippen molar-refractivity contribution in [2.75, 3.05) is 0 Å². The van der Waals surface area contributed by atoms with Crippen LogP contribution in [-0.2, 0) is 0 Å². The van der Waals surface area contributed by atoms with Crippen molar-refractivity contribution in [3.8, 4) is 67.5 Å². The molecule has 612 valence electrons. The average molecular weight is 1680 g/mol. The van der Waals surface area contributed by atoms with Gasteiger partial charge in [0.15, 0.2) is 17.1 Å². The van der Waals surface area contributed by atoms with Gasteiger partial charge in [0.2, 0.25) is 11.4 Å². The number of para-hydroxylation sites is 5. The van der Waals surface area contributed by atoms with E-state index in [0.29, 0.717) is 45.2 Å². The van der Waals surface area contributed by atoms with E-state index in [1.165, 1.54) is 6.07 Å². The second kappa shape index (κ2) is 35.2. The van der Waals surface area contributed by atoms with E-state index in [9.17, 15) is 4.39 Å². The summed E-state index contributed by atoms with van der Waals surface area (Å²) < 4.78 is 49.7. The number of benzene rings is 12. The average Bonchev–Trinajstić information content (AvgIpc) is 1.52. The number of hydrogen-bond donors (Lipinski definition) is 0. The summed E-state index contributed by atoms with van der Waals surface area (Å²) in [5.74, 6) is -0.569. The lowest BCUT2D eigenvalue weighted by atomic mass is 10.0. The van der Waals surface area contributed by atoms with Gasteiger partial charge < -0.3 is 26.5 Å². The molecule has 0 saturated heterocycles. The molecule has 0 aliphatic rings. The summed E-state index contributed by atoms with van der Waals surface area (Å²) >= 11 is 0. The topological polar surface area (TPSA) is 182 Å². The molecule has 0 aliphatic heterocycles. The van der Waals surface area contributed by atoms with Crippen LogP contribution >= 0.6 is 0 Å². The summed E-state index contributed by atoms with van der Waals surface area (Å²) in [5, 5.41) is 11.8. The molecule has 0 amide bonds. The van der Waals surface area contributed by atoms with Crippen LogP contribution in [0.3, 0.4) is 0 Å². The number of aryl methyl sites for hydroxylation is 3. The minimum Gasteiger partial charge on any atom is -0.467 e. The Labute approximate surface area is 741 Å². The molecule has 0 bridgehead atoms. The van der Waals surface area contributed by atoms with Crippen LogP contribution in [0, 0.1) is 66.0 Å². The van der Waals surface area contributed by atoms with Gasteiger partial charge in [-0.1, -0.05) is 176 Å². The Kier molecular flexibility index (Phi) is 21.9. The van der Waals surface area contributed by atoms with E-state index in [2.05, 4.69) is 59.0 Å². The summed E-state index contributed by atoms with van der Waals surface area (Å²) in [7, 11) is 0. The fourth-order valence-corrected chi connectivity index (χ4v) is 16.4. The quantitative estimate of drug-likeness (QED) is 0.144. The van der Waals surface area contributed by atoms with Crippen LogP contribution in [0.5, 0.6) is 0 Å². The van der Waals surface area contributed by atoms with E-state index in [4.69, 9.17) is 65.9 Å². The molecule has 130 heavy (non-hydrogen) atoms. The van der Waals surface area contributed by atoms with Crippen molar-refractivity contribution in [1.82, 2.24) is 29.9 Å². The summed E-state index contributed by atoms with van der Waals surface area (Å²) in [4.78, 5) is 47.4. The van der Waals surface area contributed by atoms with Crippen LogP contribution in [-0.4, -0.2) is 29.9 Å². The molecule has 0 unspecified atom stereocenters. The standard InChI is InChI=1S/3C19H12N2O.C18H9FN2O.2C18H10N2O/c1-12-16(20-2)10-9-14-13-6-5-7-15(19(13)22-18(12)14)17-8-3-4-11-21-17;1-12-9-10-14-13-6-5-7-15(16-8-3-4-11-21-16)18(13)22-19(14)17(12)20-2;1-12-10-15-13-6-5-7-14(16-8-3-4-9-21-16)19(13)22-18(15)11-17(12)20-2;1-20-16-14(19)9-8-12-11-5-4-6-13(17(11)22-18(12)16)15-7-2-3-10-21-15;1-19-15-9-4-7-13-17-12(14-8-2-3-11-20-14)6-5-10-16(17)21-18(13)15;1-19-12-8-9-14-17(11-12)21-16-7-4-5-13(18(14)16)15-6-2-3-10-20-15/h3*3-11H,1H3;2-10H;2*2-11H. The lowest BCUT2D eigenvalue weighted by molar-refractivity contribution is 0.625. The molecule has 12 heterocycles. The zero-order chi connectivity index (χ0) is 88.9. The molecule has 0 N–H and O–H groups in total. The van der Waals surface area contributed by atoms with Gasteiger partial charge in [0.1, 0.15) is 72.8 Å². The van der Waals surface area contributed by atoms with E-state index < -0.39 is 5.82 Å². The Balaban J connectivity index is 0.000000101. The first kappa shape index (κ1) is 80.9. The van der Waals surface area contributed by atoms with Gasteiger partial charge in [-0.15, -0.1) is 0 Å². The van der Waals surface area contributed by atoms with Gasteiger partial charge >= 0.3 is 0 Å². The Morgan fingerprint density at radius 2 is 0.600 bits per heavy atom. The van der Waals surface area contributed by atoms with E-state index in [0.717, 1.165) is 194 Å². The fourth-order valence-electron chi connectivity index (χ4n) is 16.4. The second-order valence-electron chi connectivity index (χ2n) is 30.1. The number of fused-ring (bicyclic) bond motifs is 18. The van der Waals surface area contributed by atoms with Crippen LogP contribution in [0.25, 0.3) is 228 Å². The predicted molar refractivity (Wildman–Crippen MR) is 513 cm³/mol. The highest BCUT2D eigenvalue weighted by Gasteiger charge is 2.23. The Morgan fingerprint density at radius 1 is 0.231 bits per heavy atom. The van der Waals surface area contributed by atoms with Crippen molar-refractivity contribution in [3.05, 3.63) is 432 Å². The number of pyridine rings is 6. The Hall–Kier alpha value is -18.8. The zero-order valence-electron chi connectivity index (χ0n) is 69.5. The van der Waals surface area contributed by atoms with Crippen molar-refractivity contribution < 1.29 is 30.9 Å². The van der Waals surface area contributed by atoms with Crippen LogP contribution in [0.15, 0.2) is 367 Å². The molecule has 12 aromatic carbocycles. The molecule has 12 aromatic heterocycles. The molecule has 24 aromatic rings. The Morgan fingerprint density at radius 3 is 1.07 bits per heavy atom. The van der Waals surface area contributed by atoms with Crippen LogP contribution in [0.2, 0.25) is 0 Å². The smallest absolute Gasteiger partial charge is 0.264 e. The second-order valence-corrected chi connectivity index (χ2v) is 30.1. The monoisotopic (exact) mass is 1680 g/mol. The summed E-state index contributed by atoms with van der Waals surface area (Å²) in [5.41, 5.74) is 25.2. The highest BCUT2D eigenvalue weighted by Crippen LogP contribution is 2.47. The molecule has 18 nitrogen and oxygen atoms in total. The van der Waals surface area contributed by atoms with E-state index in [1.807, 2.05) is 300 Å². The normalized spacial score (nSPS) is 10.9. The lowest BCUT2D eigenvalue weighted by Gasteiger charge is -2.02. The maximum absolute atomic E-state index is 13.8. The Bertz CT molecular complexity index is 8620. The van der Waals surface area contributed by atoms with Gasteiger partial charge in [-0.3, -0.25) is 29.9 Å². The minimum atomic E-state index is -0.569. The number of nitrogens with zero attached hydrogens (tertiary/aromatic N) is 12. The number of rotatable bonds is 6. The van der Waals surface area contributed by atoms with Crippen molar-refractivity contribution in [3.63, 3.8) is 0 Å². The van der Waals surface area contributed by atoms with E-state index >= 15 is 0 Å². The molecule has 0 aliphatic carbocycles. The molecular formula is C111H65FN12O6. The van der Waals surface area contributed by atoms with E-state index in [1.54, 1.807) is 55.4 Å². The zero-order valence-corrected chi connectivity index (χ0v) is 69.5. The first-order valence-corrected chi connectivity index (χ1v) is 41.0. The molecule has 0 spiro atoms. The van der Waals surface area contributed by atoms with Crippen molar-refractivity contribution in [2.45, 2.75) is 20.8 Å². The van der Waals surface area contributed by atoms with Gasteiger partial charge in [0.05, 0.1) is 73.6 Å². The van der Waals surface area contributed by atoms with Crippen molar-refractivity contribution in [1.29, 1.82) is 0 Å². The van der Waals surface area contributed by atoms with Crippen molar-refractivity contribution >= 4 is 166 Å². The first-order chi connectivity index (χ1) is 63.9. The molecule has 0 fully saturated rings. The van der Waals surface area contributed by atoms with E-state index in [-0.39, 0.29) is 11.3 Å². The SMILES string of the molecule is [C-]#[N+]c1c(C)ccc2c1oc1c(-c3ccccn3)cccc12.[C-]#[N+]c1c(F)ccc2c1oc1c(-c3ccccn3)cccc12.[C-]#[N+]c1cc2oc3c(-c4ccccn4)cccc3c2cc1C.[C-]#[N+]c1ccc2c(c1)oc1cccc(-c3ccccn3)c12.[C-]#[N+]c1ccc2c(oc3c(-c4ccccn4)cccc32)c1C.[C-]#[N+]c1cccc2c1oc1cccc(-c3ccccn3)c12. The van der Waals surface area contributed by atoms with Gasteiger partial charge in [0, 0.05) is 135 Å². The first-order valence-electron chi connectivity index (χ1n) is 41.0. The van der Waals surface area contributed by atoms with Crippen LogP contribution in [0.1, 0.15) is 16.7 Å². The lowest BCUT2D eigenvalue weighted by Crippen LogP contribution is -1.82. The third kappa shape index (κ3) is 15.1. The molecule has 0 radical (unpaired) electrons. The molecule has 19 heteroatoms. The maximum Gasteiger partial charge on any atom is 0.264 e. The highest BCUT2D eigenvalue weighted by atomic mass is 19.1. The van der Waals surface area contributed by atoms with Gasteiger partial charge in [-0.2, -0.15) is 0 Å². The van der Waals surface area contributed by atoms with Crippen LogP contribution in [0.4, 0.5) is 38.5 Å². The van der Waals surface area contributed by atoms with Crippen LogP contribution < -0.4 is 0 Å². The number of hydrogen-bond acceptors (Lipinski definition) is 12. The summed E-state index contributed by atoms with van der Waals surface area (Å²) in [6.07, 6.45) is 10.6. The fraction of sp³-hybridized carbons (Fsp3) is 0.0270. The third-order valence-electron chi connectivity index (χ3n) is 22.5. The third-order valence-corrected chi connectivity index (χ3v) is 22.5. The number of halogens is 1. The predicted octanol–water partition coefficient (Wildman–Crippen LogP) is 32.3. The molecule has 0 atom stereocenters. The summed E-state index contributed by atoms with van der Waals surface area (Å²) in [6.45, 7) is 49.3. The van der Waals surface area contributed by atoms with Gasteiger partial charge in [-0.25, -0.2) is 33.5 Å². The highest BCUT2D eigenvalue weighted by molar-refractivity contribution is 6.18. The maximum atomic E-state index is 13.8. The van der Waals surface area contributed by atoms with Gasteiger partial charge in [0.25, 0.3) is 5.69 Å². The van der Waals surface area contributed by atoms with Gasteiger partial charge in [-0.05, 0) is 165 Å². The number of aromatic nitrogens is 6. The number of furan rings is 6. The molecular weight excluding hydrogens is 1620 g/mol. The molecule has 0 saturated carbocycles. The van der Waals surface area contributed by atoms with Crippen molar-refractivity contribution in [2.24, 2.45) is 0 Å². The summed E-state index contributed by atoms with van der Waals surface area (Å²) in [6, 6.07) is 96.3. The largest absolute Gasteiger partial charge is 0.467 e. The minimum absolute atomic E-state index is 0.0827. The molecule has 24 rings (SSSR count).